The summed E-state index contributed by atoms with van der Waals surface area (Å²) in [6.45, 7) is 4.70. The molecule has 0 bridgehead atoms. The number of nitrogens with two attached hydrogens (primary N) is 1. The van der Waals surface area contributed by atoms with Crippen molar-refractivity contribution in [2.24, 2.45) is 5.73 Å². The van der Waals surface area contributed by atoms with Crippen LogP contribution in [0.5, 0.6) is 0 Å². The summed E-state index contributed by atoms with van der Waals surface area (Å²) in [7, 11) is 1.32. The SMILES string of the molecule is COC(=O)C(N)=C(C)N1CCOCC1. The Balaban J connectivity index is 2.69. The van der Waals surface area contributed by atoms with Crippen LogP contribution in [0, 0.1) is 0 Å². The van der Waals surface area contributed by atoms with Crippen molar-refractivity contribution in [1.29, 1.82) is 0 Å². The van der Waals surface area contributed by atoms with Crippen LogP contribution in [0.2, 0.25) is 0 Å². The van der Waals surface area contributed by atoms with E-state index in [4.69, 9.17) is 10.5 Å². The maximum absolute atomic E-state index is 11.1. The average Bonchev–Trinajstić information content (AvgIpc) is 2.27. The summed E-state index contributed by atoms with van der Waals surface area (Å²) >= 11 is 0. The van der Waals surface area contributed by atoms with Crippen LogP contribution in [0.25, 0.3) is 0 Å². The normalized spacial score (nSPS) is 18.9. The van der Waals surface area contributed by atoms with Crippen LogP contribution in [0.15, 0.2) is 11.4 Å². The molecule has 0 aromatic carbocycles. The van der Waals surface area contributed by atoms with E-state index in [1.807, 2.05) is 11.8 Å². The van der Waals surface area contributed by atoms with E-state index in [0.717, 1.165) is 18.8 Å². The molecule has 1 aliphatic rings. The summed E-state index contributed by atoms with van der Waals surface area (Å²) in [5, 5.41) is 0. The van der Waals surface area contributed by atoms with Gasteiger partial charge in [0.2, 0.25) is 0 Å². The molecule has 1 rings (SSSR count). The summed E-state index contributed by atoms with van der Waals surface area (Å²) < 4.78 is 9.74. The van der Waals surface area contributed by atoms with Gasteiger partial charge in [0, 0.05) is 18.8 Å². The molecule has 80 valence electrons. The Labute approximate surface area is 83.5 Å². The second-order valence-corrected chi connectivity index (χ2v) is 3.09. The van der Waals surface area contributed by atoms with E-state index in [1.165, 1.54) is 7.11 Å². The van der Waals surface area contributed by atoms with Crippen LogP contribution in [0.3, 0.4) is 0 Å². The predicted octanol–water partition coefficient (Wildman–Crippen LogP) is -0.318. The number of rotatable bonds is 2. The quantitative estimate of drug-likeness (QED) is 0.489. The van der Waals surface area contributed by atoms with Crippen LogP contribution in [-0.4, -0.2) is 44.3 Å². The molecule has 0 aromatic rings. The van der Waals surface area contributed by atoms with Gasteiger partial charge in [0.15, 0.2) is 0 Å². The third-order valence-corrected chi connectivity index (χ3v) is 2.28. The van der Waals surface area contributed by atoms with Crippen LogP contribution >= 0.6 is 0 Å². The number of nitrogens with zero attached hydrogens (tertiary/aromatic N) is 1. The molecular formula is C9H16N2O3. The van der Waals surface area contributed by atoms with Crippen molar-refractivity contribution in [1.82, 2.24) is 4.90 Å². The summed E-state index contributed by atoms with van der Waals surface area (Å²) in [5.41, 5.74) is 6.56. The molecule has 0 aliphatic carbocycles. The first-order valence-corrected chi connectivity index (χ1v) is 4.54. The number of ether oxygens (including phenoxy) is 2. The summed E-state index contributed by atoms with van der Waals surface area (Å²) in [6.07, 6.45) is 0. The van der Waals surface area contributed by atoms with E-state index in [9.17, 15) is 4.79 Å². The molecule has 0 radical (unpaired) electrons. The molecule has 0 atom stereocenters. The number of allylic oxidation sites excluding steroid dienone is 1. The fourth-order valence-corrected chi connectivity index (χ4v) is 1.33. The van der Waals surface area contributed by atoms with E-state index in [1.54, 1.807) is 0 Å². The third-order valence-electron chi connectivity index (χ3n) is 2.28. The minimum Gasteiger partial charge on any atom is -0.464 e. The Kier molecular flexibility index (Phi) is 3.76. The molecule has 1 heterocycles. The van der Waals surface area contributed by atoms with E-state index in [0.29, 0.717) is 13.2 Å². The van der Waals surface area contributed by atoms with E-state index in [-0.39, 0.29) is 5.70 Å². The van der Waals surface area contributed by atoms with E-state index >= 15 is 0 Å². The molecule has 5 nitrogen and oxygen atoms in total. The number of morpholine rings is 1. The van der Waals surface area contributed by atoms with Crippen LogP contribution in [-0.2, 0) is 14.3 Å². The fourth-order valence-electron chi connectivity index (χ4n) is 1.33. The Hall–Kier alpha value is -1.23. The van der Waals surface area contributed by atoms with Crippen molar-refractivity contribution >= 4 is 5.97 Å². The number of carbonyl (C=O) groups excluding carboxylic acids is 1. The number of hydrogen-bond donors (Lipinski definition) is 1. The molecule has 2 N–H and O–H groups in total. The Bertz CT molecular complexity index is 244. The number of esters is 1. The van der Waals surface area contributed by atoms with E-state index in [2.05, 4.69) is 4.74 Å². The highest BCUT2D eigenvalue weighted by atomic mass is 16.5. The molecule has 5 heteroatoms. The molecule has 0 saturated carbocycles. The zero-order valence-corrected chi connectivity index (χ0v) is 8.58. The maximum atomic E-state index is 11.1. The fraction of sp³-hybridized carbons (Fsp3) is 0.667. The molecule has 14 heavy (non-hydrogen) atoms. The van der Waals surface area contributed by atoms with Gasteiger partial charge in [0.25, 0.3) is 0 Å². The molecule has 0 amide bonds. The number of hydrogen-bond acceptors (Lipinski definition) is 5. The van der Waals surface area contributed by atoms with Crippen LogP contribution in [0.1, 0.15) is 6.92 Å². The maximum Gasteiger partial charge on any atom is 0.355 e. The standard InChI is InChI=1S/C9H16N2O3/c1-7(8(10)9(12)13-2)11-3-5-14-6-4-11/h3-6,10H2,1-2H3. The zero-order chi connectivity index (χ0) is 10.6. The van der Waals surface area contributed by atoms with E-state index < -0.39 is 5.97 Å². The highest BCUT2D eigenvalue weighted by Crippen LogP contribution is 2.09. The van der Waals surface area contributed by atoms with Crippen molar-refractivity contribution in [3.63, 3.8) is 0 Å². The van der Waals surface area contributed by atoms with Gasteiger partial charge in [-0.3, -0.25) is 0 Å². The predicted molar refractivity (Wildman–Crippen MR) is 51.3 cm³/mol. The lowest BCUT2D eigenvalue weighted by Gasteiger charge is -2.29. The summed E-state index contributed by atoms with van der Waals surface area (Å²) in [4.78, 5) is 13.2. The smallest absolute Gasteiger partial charge is 0.355 e. The van der Waals surface area contributed by atoms with Crippen LogP contribution < -0.4 is 5.73 Å². The van der Waals surface area contributed by atoms with Gasteiger partial charge in [0.1, 0.15) is 5.70 Å². The van der Waals surface area contributed by atoms with Crippen molar-refractivity contribution in [2.45, 2.75) is 6.92 Å². The Morgan fingerprint density at radius 1 is 1.43 bits per heavy atom. The largest absolute Gasteiger partial charge is 0.464 e. The highest BCUT2D eigenvalue weighted by molar-refractivity contribution is 5.87. The molecule has 0 spiro atoms. The molecular weight excluding hydrogens is 184 g/mol. The van der Waals surface area contributed by atoms with Gasteiger partial charge in [0.05, 0.1) is 20.3 Å². The zero-order valence-electron chi connectivity index (χ0n) is 8.58. The second-order valence-electron chi connectivity index (χ2n) is 3.09. The van der Waals surface area contributed by atoms with Crippen LogP contribution in [0.4, 0.5) is 0 Å². The molecule has 1 saturated heterocycles. The van der Waals surface area contributed by atoms with Gasteiger partial charge in [-0.1, -0.05) is 0 Å². The van der Waals surface area contributed by atoms with Gasteiger partial charge in [-0.2, -0.15) is 0 Å². The molecule has 1 fully saturated rings. The van der Waals surface area contributed by atoms with Gasteiger partial charge in [-0.05, 0) is 6.92 Å². The summed E-state index contributed by atoms with van der Waals surface area (Å²) in [6, 6.07) is 0. The lowest BCUT2D eigenvalue weighted by Crippen LogP contribution is -2.37. The molecule has 0 aromatic heterocycles. The van der Waals surface area contributed by atoms with Crippen molar-refractivity contribution < 1.29 is 14.3 Å². The van der Waals surface area contributed by atoms with Gasteiger partial charge in [-0.15, -0.1) is 0 Å². The number of carbonyl (C=O) groups is 1. The lowest BCUT2D eigenvalue weighted by atomic mass is 10.3. The second kappa shape index (κ2) is 4.85. The van der Waals surface area contributed by atoms with Crippen molar-refractivity contribution in [3.05, 3.63) is 11.4 Å². The van der Waals surface area contributed by atoms with Gasteiger partial charge >= 0.3 is 5.97 Å². The molecule has 0 unspecified atom stereocenters. The lowest BCUT2D eigenvalue weighted by molar-refractivity contribution is -0.136. The first-order valence-electron chi connectivity index (χ1n) is 4.54. The Morgan fingerprint density at radius 3 is 2.50 bits per heavy atom. The number of methoxy groups -OCH3 is 1. The Morgan fingerprint density at radius 2 is 2.00 bits per heavy atom. The summed E-state index contributed by atoms with van der Waals surface area (Å²) in [5.74, 6) is -0.478. The molecule has 1 aliphatic heterocycles. The first-order chi connectivity index (χ1) is 6.66. The minimum atomic E-state index is -0.478. The third kappa shape index (κ3) is 2.38. The van der Waals surface area contributed by atoms with Gasteiger partial charge in [-0.25, -0.2) is 4.79 Å². The van der Waals surface area contributed by atoms with Crippen molar-refractivity contribution in [2.75, 3.05) is 33.4 Å². The monoisotopic (exact) mass is 200 g/mol. The average molecular weight is 200 g/mol. The van der Waals surface area contributed by atoms with Crippen molar-refractivity contribution in [3.8, 4) is 0 Å². The topological polar surface area (TPSA) is 64.8 Å². The highest BCUT2D eigenvalue weighted by Gasteiger charge is 2.16. The first kappa shape index (κ1) is 10.8. The minimum absolute atomic E-state index is 0.175. The van der Waals surface area contributed by atoms with Gasteiger partial charge < -0.3 is 20.1 Å².